The third-order valence-corrected chi connectivity index (χ3v) is 5.90. The van der Waals surface area contributed by atoms with Gasteiger partial charge in [0, 0.05) is 19.6 Å². The molecule has 3 rings (SSSR count). The standard InChI is InChI=1S/C17H27N3O3/c1-13-8-4-7-11-19(13)14(21)12-20-15(22)17(18(2)16(20)23)9-5-3-6-10-17/h13H,3-12H2,1-2H3. The number of hydrogen-bond acceptors (Lipinski definition) is 3. The molecule has 0 bridgehead atoms. The lowest BCUT2D eigenvalue weighted by molar-refractivity contribution is -0.142. The maximum Gasteiger partial charge on any atom is 0.327 e. The third-order valence-electron chi connectivity index (χ3n) is 5.90. The van der Waals surface area contributed by atoms with Crippen LogP contribution in [0.4, 0.5) is 4.79 Å². The van der Waals surface area contributed by atoms with Crippen LogP contribution in [0.5, 0.6) is 0 Å². The van der Waals surface area contributed by atoms with Crippen molar-refractivity contribution < 1.29 is 14.4 Å². The number of piperidine rings is 1. The van der Waals surface area contributed by atoms with Gasteiger partial charge in [-0.05, 0) is 39.0 Å². The van der Waals surface area contributed by atoms with Gasteiger partial charge in [-0.15, -0.1) is 0 Å². The minimum atomic E-state index is -0.691. The van der Waals surface area contributed by atoms with E-state index >= 15 is 0 Å². The monoisotopic (exact) mass is 321 g/mol. The molecule has 6 nitrogen and oxygen atoms in total. The molecule has 2 aliphatic heterocycles. The number of carbonyl (C=O) groups is 3. The highest BCUT2D eigenvalue weighted by atomic mass is 16.2. The van der Waals surface area contributed by atoms with E-state index in [1.807, 2.05) is 11.8 Å². The summed E-state index contributed by atoms with van der Waals surface area (Å²) in [6, 6.07) is -0.111. The van der Waals surface area contributed by atoms with Crippen molar-refractivity contribution in [1.29, 1.82) is 0 Å². The smallest absolute Gasteiger partial charge is 0.327 e. The van der Waals surface area contributed by atoms with Gasteiger partial charge in [0.2, 0.25) is 5.91 Å². The fraction of sp³-hybridized carbons (Fsp3) is 0.824. The maximum absolute atomic E-state index is 12.9. The van der Waals surface area contributed by atoms with Crippen LogP contribution in [-0.2, 0) is 9.59 Å². The molecule has 2 heterocycles. The first-order chi connectivity index (χ1) is 11.0. The van der Waals surface area contributed by atoms with Crippen LogP contribution < -0.4 is 0 Å². The Balaban J connectivity index is 1.73. The Morgan fingerprint density at radius 1 is 1.13 bits per heavy atom. The molecule has 1 atom stereocenters. The molecule has 1 spiro atoms. The second-order valence-electron chi connectivity index (χ2n) is 7.26. The van der Waals surface area contributed by atoms with E-state index in [4.69, 9.17) is 0 Å². The van der Waals surface area contributed by atoms with Crippen molar-refractivity contribution in [2.45, 2.75) is 69.9 Å². The number of imide groups is 1. The van der Waals surface area contributed by atoms with E-state index in [-0.39, 0.29) is 30.4 Å². The average Bonchev–Trinajstić information content (AvgIpc) is 2.72. The molecule has 128 valence electrons. The van der Waals surface area contributed by atoms with Crippen molar-refractivity contribution in [3.8, 4) is 0 Å². The van der Waals surface area contributed by atoms with Crippen molar-refractivity contribution in [3.63, 3.8) is 0 Å². The van der Waals surface area contributed by atoms with Crippen molar-refractivity contribution in [1.82, 2.24) is 14.7 Å². The van der Waals surface area contributed by atoms with Gasteiger partial charge in [-0.3, -0.25) is 14.5 Å². The molecular formula is C17H27N3O3. The molecule has 0 aromatic heterocycles. The van der Waals surface area contributed by atoms with Gasteiger partial charge in [-0.1, -0.05) is 19.3 Å². The first-order valence-electron chi connectivity index (χ1n) is 8.86. The molecule has 0 aromatic rings. The lowest BCUT2D eigenvalue weighted by Gasteiger charge is -2.36. The van der Waals surface area contributed by atoms with E-state index in [1.54, 1.807) is 11.9 Å². The van der Waals surface area contributed by atoms with E-state index in [0.29, 0.717) is 0 Å². The van der Waals surface area contributed by atoms with Gasteiger partial charge in [0.15, 0.2) is 0 Å². The summed E-state index contributed by atoms with van der Waals surface area (Å²) < 4.78 is 0. The number of rotatable bonds is 2. The van der Waals surface area contributed by atoms with Gasteiger partial charge in [0.25, 0.3) is 5.91 Å². The molecule has 3 fully saturated rings. The van der Waals surface area contributed by atoms with E-state index in [2.05, 4.69) is 0 Å². The number of likely N-dealkylation sites (tertiary alicyclic amines) is 1. The topological polar surface area (TPSA) is 60.9 Å². The van der Waals surface area contributed by atoms with Crippen LogP contribution in [0.3, 0.4) is 0 Å². The predicted octanol–water partition coefficient (Wildman–Crippen LogP) is 1.98. The SMILES string of the molecule is CC1CCCCN1C(=O)CN1C(=O)N(C)C2(CCCCC2)C1=O. The minimum absolute atomic E-state index is 0.0971. The number of urea groups is 1. The van der Waals surface area contributed by atoms with Gasteiger partial charge in [-0.25, -0.2) is 4.79 Å². The Morgan fingerprint density at radius 2 is 1.83 bits per heavy atom. The summed E-state index contributed by atoms with van der Waals surface area (Å²) in [5, 5.41) is 0. The number of amides is 4. The van der Waals surface area contributed by atoms with Crippen LogP contribution in [-0.4, -0.2) is 64.3 Å². The lowest BCUT2D eigenvalue weighted by atomic mass is 9.81. The molecule has 1 unspecified atom stereocenters. The fourth-order valence-electron chi connectivity index (χ4n) is 4.37. The molecule has 2 saturated heterocycles. The molecular weight excluding hydrogens is 294 g/mol. The Kier molecular flexibility index (Phi) is 4.34. The number of nitrogens with zero attached hydrogens (tertiary/aromatic N) is 3. The van der Waals surface area contributed by atoms with Crippen molar-refractivity contribution >= 4 is 17.8 Å². The second-order valence-corrected chi connectivity index (χ2v) is 7.26. The van der Waals surface area contributed by atoms with Gasteiger partial charge in [0.1, 0.15) is 12.1 Å². The van der Waals surface area contributed by atoms with Crippen LogP contribution in [0, 0.1) is 0 Å². The predicted molar refractivity (Wildman–Crippen MR) is 85.7 cm³/mol. The molecule has 0 radical (unpaired) electrons. The highest BCUT2D eigenvalue weighted by Crippen LogP contribution is 2.39. The molecule has 23 heavy (non-hydrogen) atoms. The molecule has 4 amide bonds. The first-order valence-corrected chi connectivity index (χ1v) is 8.86. The van der Waals surface area contributed by atoms with Gasteiger partial charge < -0.3 is 9.80 Å². The van der Waals surface area contributed by atoms with E-state index in [9.17, 15) is 14.4 Å². The summed E-state index contributed by atoms with van der Waals surface area (Å²) in [6.45, 7) is 2.67. The van der Waals surface area contributed by atoms with Crippen LogP contribution in [0.1, 0.15) is 58.3 Å². The highest BCUT2D eigenvalue weighted by molar-refractivity contribution is 6.08. The zero-order chi connectivity index (χ0) is 16.6. The number of likely N-dealkylation sites (N-methyl/N-ethyl adjacent to an activating group) is 1. The summed E-state index contributed by atoms with van der Waals surface area (Å²) in [6.07, 6.45) is 7.62. The molecule has 3 aliphatic rings. The average molecular weight is 321 g/mol. The summed E-state index contributed by atoms with van der Waals surface area (Å²) >= 11 is 0. The van der Waals surface area contributed by atoms with E-state index in [1.165, 1.54) is 4.90 Å². The normalized spacial score (nSPS) is 27.9. The summed E-state index contributed by atoms with van der Waals surface area (Å²) in [5.74, 6) is -0.261. The quantitative estimate of drug-likeness (QED) is 0.731. The second kappa shape index (κ2) is 6.13. The fourth-order valence-corrected chi connectivity index (χ4v) is 4.37. The van der Waals surface area contributed by atoms with Crippen LogP contribution in [0.25, 0.3) is 0 Å². The summed E-state index contributed by atoms with van der Waals surface area (Å²) in [7, 11) is 1.71. The van der Waals surface area contributed by atoms with Gasteiger partial charge in [-0.2, -0.15) is 0 Å². The molecule has 1 aliphatic carbocycles. The molecule has 6 heteroatoms. The Morgan fingerprint density at radius 3 is 2.48 bits per heavy atom. The van der Waals surface area contributed by atoms with Gasteiger partial charge >= 0.3 is 6.03 Å². The first kappa shape index (κ1) is 16.3. The summed E-state index contributed by atoms with van der Waals surface area (Å²) in [5.41, 5.74) is -0.691. The summed E-state index contributed by atoms with van der Waals surface area (Å²) in [4.78, 5) is 42.6. The molecule has 1 saturated carbocycles. The molecule has 0 N–H and O–H groups in total. The van der Waals surface area contributed by atoms with E-state index < -0.39 is 5.54 Å². The Hall–Kier alpha value is -1.59. The van der Waals surface area contributed by atoms with Crippen LogP contribution in [0.2, 0.25) is 0 Å². The van der Waals surface area contributed by atoms with Crippen LogP contribution in [0.15, 0.2) is 0 Å². The highest BCUT2D eigenvalue weighted by Gasteiger charge is 2.56. The van der Waals surface area contributed by atoms with Crippen molar-refractivity contribution in [2.75, 3.05) is 20.1 Å². The Labute approximate surface area is 137 Å². The number of carbonyl (C=O) groups excluding carboxylic acids is 3. The Bertz CT molecular complexity index is 513. The maximum atomic E-state index is 12.9. The minimum Gasteiger partial charge on any atom is -0.338 e. The zero-order valence-electron chi connectivity index (χ0n) is 14.2. The lowest BCUT2D eigenvalue weighted by Crippen LogP contribution is -2.50. The van der Waals surface area contributed by atoms with Crippen LogP contribution >= 0.6 is 0 Å². The zero-order valence-corrected chi connectivity index (χ0v) is 14.2. The van der Waals surface area contributed by atoms with Crippen molar-refractivity contribution in [2.24, 2.45) is 0 Å². The third kappa shape index (κ3) is 2.62. The largest absolute Gasteiger partial charge is 0.338 e. The number of hydrogen-bond donors (Lipinski definition) is 0. The van der Waals surface area contributed by atoms with E-state index in [0.717, 1.165) is 57.9 Å². The van der Waals surface area contributed by atoms with Gasteiger partial charge in [0.05, 0.1) is 0 Å². The molecule has 0 aromatic carbocycles. The van der Waals surface area contributed by atoms with Crippen molar-refractivity contribution in [3.05, 3.63) is 0 Å².